The number of carbonyl (C=O) groups is 1. The van der Waals surface area contributed by atoms with Crippen LogP contribution in [0.5, 0.6) is 5.75 Å². The van der Waals surface area contributed by atoms with Gasteiger partial charge in [0.1, 0.15) is 0 Å². The summed E-state index contributed by atoms with van der Waals surface area (Å²) in [5.74, 6) is 0.0618. The number of likely N-dealkylation sites (N-methyl/N-ethyl adjacent to an activating group) is 1. The largest absolute Gasteiger partial charge is 0.494 e. The van der Waals surface area contributed by atoms with Crippen LogP contribution in [0.25, 0.3) is 0 Å². The molecule has 0 unspecified atom stereocenters. The highest BCUT2D eigenvalue weighted by Gasteiger charge is 2.20. The number of amides is 1. The lowest BCUT2D eigenvalue weighted by atomic mass is 10.2. The first kappa shape index (κ1) is 18.7. The lowest BCUT2D eigenvalue weighted by Gasteiger charge is -2.34. The molecular formula is C15H23ClFN3O2. The molecule has 1 saturated heterocycles. The van der Waals surface area contributed by atoms with Crippen LogP contribution >= 0.6 is 12.4 Å². The van der Waals surface area contributed by atoms with Gasteiger partial charge in [0.25, 0.3) is 0 Å². The van der Waals surface area contributed by atoms with Gasteiger partial charge in [-0.25, -0.2) is 4.39 Å². The molecule has 0 radical (unpaired) electrons. The van der Waals surface area contributed by atoms with E-state index in [4.69, 9.17) is 4.74 Å². The number of piperazine rings is 1. The molecule has 1 aromatic carbocycles. The van der Waals surface area contributed by atoms with Gasteiger partial charge in [0, 0.05) is 32.7 Å². The fourth-order valence-electron chi connectivity index (χ4n) is 2.48. The second-order valence-corrected chi connectivity index (χ2v) is 5.16. The van der Waals surface area contributed by atoms with Crippen molar-refractivity contribution in [3.63, 3.8) is 0 Å². The van der Waals surface area contributed by atoms with Crippen molar-refractivity contribution in [2.75, 3.05) is 46.9 Å². The standard InChI is InChI=1S/C15H22FN3O2.ClH/c1-17-10-15(20)19-7-5-18(6-8-19)11-12-3-4-14(21-2)13(16)9-12;/h3-4,9,17H,5-8,10-11H2,1-2H3;1H. The minimum atomic E-state index is -0.335. The predicted molar refractivity (Wildman–Crippen MR) is 86.0 cm³/mol. The second kappa shape index (κ2) is 8.92. The van der Waals surface area contributed by atoms with Crippen molar-refractivity contribution in [2.45, 2.75) is 6.54 Å². The van der Waals surface area contributed by atoms with E-state index in [2.05, 4.69) is 10.2 Å². The van der Waals surface area contributed by atoms with E-state index < -0.39 is 0 Å². The molecule has 7 heteroatoms. The minimum Gasteiger partial charge on any atom is -0.494 e. The third-order valence-electron chi connectivity index (χ3n) is 3.68. The first-order chi connectivity index (χ1) is 10.1. The van der Waals surface area contributed by atoms with E-state index in [0.29, 0.717) is 13.1 Å². The summed E-state index contributed by atoms with van der Waals surface area (Å²) in [5, 5.41) is 2.87. The van der Waals surface area contributed by atoms with Crippen LogP contribution in [-0.4, -0.2) is 62.6 Å². The third-order valence-corrected chi connectivity index (χ3v) is 3.68. The lowest BCUT2D eigenvalue weighted by molar-refractivity contribution is -0.131. The Kier molecular flexibility index (Phi) is 7.58. The number of nitrogens with zero attached hydrogens (tertiary/aromatic N) is 2. The molecule has 22 heavy (non-hydrogen) atoms. The van der Waals surface area contributed by atoms with Crippen molar-refractivity contribution in [2.24, 2.45) is 0 Å². The second-order valence-electron chi connectivity index (χ2n) is 5.16. The SMILES string of the molecule is CNCC(=O)N1CCN(Cc2ccc(OC)c(F)c2)CC1.Cl. The van der Waals surface area contributed by atoms with Gasteiger partial charge in [0.15, 0.2) is 11.6 Å². The van der Waals surface area contributed by atoms with Crippen LogP contribution in [-0.2, 0) is 11.3 Å². The van der Waals surface area contributed by atoms with Gasteiger partial charge in [-0.2, -0.15) is 0 Å². The summed E-state index contributed by atoms with van der Waals surface area (Å²) in [4.78, 5) is 15.8. The number of nitrogens with one attached hydrogen (secondary N) is 1. The van der Waals surface area contributed by atoms with Crippen LogP contribution < -0.4 is 10.1 Å². The van der Waals surface area contributed by atoms with E-state index >= 15 is 0 Å². The van der Waals surface area contributed by atoms with Gasteiger partial charge in [0.05, 0.1) is 13.7 Å². The molecule has 1 amide bonds. The van der Waals surface area contributed by atoms with Gasteiger partial charge in [-0.15, -0.1) is 12.4 Å². The molecule has 2 rings (SSSR count). The Morgan fingerprint density at radius 2 is 2.00 bits per heavy atom. The first-order valence-electron chi connectivity index (χ1n) is 7.11. The Bertz CT molecular complexity index is 494. The summed E-state index contributed by atoms with van der Waals surface area (Å²) in [6, 6.07) is 5.04. The van der Waals surface area contributed by atoms with Crippen molar-refractivity contribution >= 4 is 18.3 Å². The average Bonchev–Trinajstić information content (AvgIpc) is 2.48. The van der Waals surface area contributed by atoms with Crippen LogP contribution in [0.1, 0.15) is 5.56 Å². The highest BCUT2D eigenvalue weighted by atomic mass is 35.5. The van der Waals surface area contributed by atoms with E-state index in [0.717, 1.165) is 31.7 Å². The monoisotopic (exact) mass is 331 g/mol. The minimum absolute atomic E-state index is 0. The number of methoxy groups -OCH3 is 1. The van der Waals surface area contributed by atoms with Crippen molar-refractivity contribution in [3.05, 3.63) is 29.6 Å². The van der Waals surface area contributed by atoms with Gasteiger partial charge in [-0.3, -0.25) is 9.69 Å². The Hall–Kier alpha value is -1.37. The van der Waals surface area contributed by atoms with Crippen LogP contribution in [0, 0.1) is 5.82 Å². The molecule has 124 valence electrons. The lowest BCUT2D eigenvalue weighted by Crippen LogP contribution is -2.50. The van der Waals surface area contributed by atoms with E-state index in [-0.39, 0.29) is 29.9 Å². The average molecular weight is 332 g/mol. The van der Waals surface area contributed by atoms with E-state index in [1.54, 1.807) is 13.1 Å². The van der Waals surface area contributed by atoms with Crippen LogP contribution in [0.15, 0.2) is 18.2 Å². The molecule has 5 nitrogen and oxygen atoms in total. The van der Waals surface area contributed by atoms with Crippen molar-refractivity contribution in [3.8, 4) is 5.75 Å². The number of rotatable bonds is 5. The van der Waals surface area contributed by atoms with Gasteiger partial charge < -0.3 is 15.0 Å². The normalized spacial score (nSPS) is 15.3. The molecule has 1 aliphatic rings. The fraction of sp³-hybridized carbons (Fsp3) is 0.533. The molecule has 1 aliphatic heterocycles. The summed E-state index contributed by atoms with van der Waals surface area (Å²) in [6.45, 7) is 4.13. The maximum Gasteiger partial charge on any atom is 0.236 e. The molecule has 0 saturated carbocycles. The molecule has 0 bridgehead atoms. The zero-order valence-electron chi connectivity index (χ0n) is 13.0. The molecule has 0 aliphatic carbocycles. The molecule has 1 heterocycles. The Balaban J connectivity index is 0.00000242. The summed E-state index contributed by atoms with van der Waals surface area (Å²) < 4.78 is 18.6. The number of hydrogen-bond donors (Lipinski definition) is 1. The first-order valence-corrected chi connectivity index (χ1v) is 7.11. The third kappa shape index (κ3) is 4.83. The highest BCUT2D eigenvalue weighted by molar-refractivity contribution is 5.85. The number of carbonyl (C=O) groups excluding carboxylic acids is 1. The fourth-order valence-corrected chi connectivity index (χ4v) is 2.48. The van der Waals surface area contributed by atoms with Crippen LogP contribution in [0.3, 0.4) is 0 Å². The van der Waals surface area contributed by atoms with Crippen molar-refractivity contribution < 1.29 is 13.9 Å². The number of hydrogen-bond acceptors (Lipinski definition) is 4. The van der Waals surface area contributed by atoms with Gasteiger partial charge in [-0.1, -0.05) is 6.07 Å². The van der Waals surface area contributed by atoms with Crippen molar-refractivity contribution in [1.82, 2.24) is 15.1 Å². The maximum atomic E-state index is 13.7. The van der Waals surface area contributed by atoms with Crippen LogP contribution in [0.4, 0.5) is 4.39 Å². The summed E-state index contributed by atoms with van der Waals surface area (Å²) >= 11 is 0. The number of halogens is 2. The predicted octanol–water partition coefficient (Wildman–Crippen LogP) is 1.12. The molecule has 0 atom stereocenters. The number of ether oxygens (including phenoxy) is 1. The molecule has 1 aromatic rings. The van der Waals surface area contributed by atoms with Crippen LogP contribution in [0.2, 0.25) is 0 Å². The maximum absolute atomic E-state index is 13.7. The molecule has 0 aromatic heterocycles. The van der Waals surface area contributed by atoms with Crippen molar-refractivity contribution in [1.29, 1.82) is 0 Å². The molecule has 1 fully saturated rings. The highest BCUT2D eigenvalue weighted by Crippen LogP contribution is 2.19. The zero-order valence-corrected chi connectivity index (χ0v) is 13.8. The number of benzene rings is 1. The molecular weight excluding hydrogens is 309 g/mol. The zero-order chi connectivity index (χ0) is 15.2. The molecule has 0 spiro atoms. The summed E-state index contributed by atoms with van der Waals surface area (Å²) in [5.41, 5.74) is 0.920. The Labute approximate surface area is 136 Å². The van der Waals surface area contributed by atoms with Gasteiger partial charge in [0.2, 0.25) is 5.91 Å². The van der Waals surface area contributed by atoms with E-state index in [1.807, 2.05) is 11.0 Å². The Morgan fingerprint density at radius 3 is 2.55 bits per heavy atom. The Morgan fingerprint density at radius 1 is 1.32 bits per heavy atom. The summed E-state index contributed by atoms with van der Waals surface area (Å²) in [7, 11) is 3.23. The molecule has 1 N–H and O–H groups in total. The topological polar surface area (TPSA) is 44.8 Å². The smallest absolute Gasteiger partial charge is 0.236 e. The van der Waals surface area contributed by atoms with E-state index in [1.165, 1.54) is 13.2 Å². The van der Waals surface area contributed by atoms with Gasteiger partial charge >= 0.3 is 0 Å². The van der Waals surface area contributed by atoms with Gasteiger partial charge in [-0.05, 0) is 24.7 Å². The van der Waals surface area contributed by atoms with E-state index in [9.17, 15) is 9.18 Å². The quantitative estimate of drug-likeness (QED) is 0.878. The summed E-state index contributed by atoms with van der Waals surface area (Å²) in [6.07, 6.45) is 0.